The number of morpholine rings is 1. The number of hydrogen-bond acceptors (Lipinski definition) is 4. The zero-order chi connectivity index (χ0) is 18.2. The van der Waals surface area contributed by atoms with E-state index in [1.807, 2.05) is 65.6 Å². The fourth-order valence-corrected chi connectivity index (χ4v) is 3.28. The van der Waals surface area contributed by atoms with E-state index in [9.17, 15) is 9.90 Å². The Labute approximate surface area is 154 Å². The number of aliphatic hydroxyl groups is 1. The van der Waals surface area contributed by atoms with Crippen molar-refractivity contribution in [3.8, 4) is 5.75 Å². The van der Waals surface area contributed by atoms with Gasteiger partial charge in [-0.1, -0.05) is 48.5 Å². The molecule has 2 aromatic rings. The molecule has 2 aromatic carbocycles. The van der Waals surface area contributed by atoms with Crippen molar-refractivity contribution in [1.82, 2.24) is 4.90 Å². The second kappa shape index (κ2) is 9.36. The summed E-state index contributed by atoms with van der Waals surface area (Å²) >= 11 is 0. The largest absolute Gasteiger partial charge is 0.494 e. The van der Waals surface area contributed by atoms with E-state index in [0.717, 1.165) is 11.3 Å². The molecule has 5 heteroatoms. The highest BCUT2D eigenvalue weighted by Crippen LogP contribution is 2.30. The number of aliphatic hydroxyl groups excluding tert-OH is 1. The smallest absolute Gasteiger partial charge is 0.223 e. The van der Waals surface area contributed by atoms with Crippen LogP contribution in [0, 0.1) is 0 Å². The van der Waals surface area contributed by atoms with Crippen molar-refractivity contribution in [3.05, 3.63) is 66.2 Å². The van der Waals surface area contributed by atoms with Crippen LogP contribution < -0.4 is 4.74 Å². The predicted molar refractivity (Wildman–Crippen MR) is 98.9 cm³/mol. The van der Waals surface area contributed by atoms with Crippen LogP contribution in [0.3, 0.4) is 0 Å². The minimum atomic E-state index is -0.393. The van der Waals surface area contributed by atoms with E-state index in [2.05, 4.69) is 0 Å². The van der Waals surface area contributed by atoms with E-state index in [4.69, 9.17) is 9.47 Å². The average Bonchev–Trinajstić information content (AvgIpc) is 2.72. The number of carbonyl (C=O) groups excluding carboxylic acids is 1. The third-order valence-corrected chi connectivity index (χ3v) is 4.54. The van der Waals surface area contributed by atoms with Crippen LogP contribution in [-0.4, -0.2) is 48.4 Å². The van der Waals surface area contributed by atoms with Crippen LogP contribution in [0.25, 0.3) is 0 Å². The summed E-state index contributed by atoms with van der Waals surface area (Å²) in [6.45, 7) is 1.37. The van der Waals surface area contributed by atoms with Gasteiger partial charge in [-0.05, 0) is 24.1 Å². The third-order valence-electron chi connectivity index (χ3n) is 4.54. The second-order valence-corrected chi connectivity index (χ2v) is 6.30. The Balaban J connectivity index is 1.59. The molecule has 0 bridgehead atoms. The fraction of sp³-hybridized carbons (Fsp3) is 0.381. The zero-order valence-electron chi connectivity index (χ0n) is 14.8. The number of ether oxygens (including phenoxy) is 2. The van der Waals surface area contributed by atoms with E-state index in [0.29, 0.717) is 32.6 Å². The molecular formula is C21H25NO4. The standard InChI is InChI=1S/C21H25NO4/c23-16-19-21(17-8-3-1-4-9-17)22(13-15-26-19)20(24)12-7-14-25-18-10-5-2-6-11-18/h1-6,8-11,19,21,23H,7,12-16H2/t19-,21-/m0/s1. The molecule has 0 radical (unpaired) electrons. The summed E-state index contributed by atoms with van der Waals surface area (Å²) in [6.07, 6.45) is 0.667. The number of nitrogens with zero attached hydrogens (tertiary/aromatic N) is 1. The van der Waals surface area contributed by atoms with Crippen molar-refractivity contribution >= 4 is 5.91 Å². The van der Waals surface area contributed by atoms with Gasteiger partial charge in [0.1, 0.15) is 11.9 Å². The molecule has 3 rings (SSSR count). The molecule has 0 aliphatic carbocycles. The molecule has 5 nitrogen and oxygen atoms in total. The van der Waals surface area contributed by atoms with Crippen LogP contribution in [0.2, 0.25) is 0 Å². The molecule has 1 N–H and O–H groups in total. The lowest BCUT2D eigenvalue weighted by Crippen LogP contribution is -2.49. The summed E-state index contributed by atoms with van der Waals surface area (Å²) < 4.78 is 11.4. The molecular weight excluding hydrogens is 330 g/mol. The molecule has 0 spiro atoms. The summed E-state index contributed by atoms with van der Waals surface area (Å²) in [6, 6.07) is 19.1. The van der Waals surface area contributed by atoms with Gasteiger partial charge >= 0.3 is 0 Å². The zero-order valence-corrected chi connectivity index (χ0v) is 14.8. The summed E-state index contributed by atoms with van der Waals surface area (Å²) in [4.78, 5) is 14.6. The molecule has 26 heavy (non-hydrogen) atoms. The maximum Gasteiger partial charge on any atom is 0.223 e. The SMILES string of the molecule is O=C(CCCOc1ccccc1)N1CCO[C@@H](CO)[C@@H]1c1ccccc1. The second-order valence-electron chi connectivity index (χ2n) is 6.30. The highest BCUT2D eigenvalue weighted by Gasteiger charge is 2.35. The van der Waals surface area contributed by atoms with E-state index < -0.39 is 6.10 Å². The summed E-state index contributed by atoms with van der Waals surface area (Å²) in [5.74, 6) is 0.881. The van der Waals surface area contributed by atoms with Crippen molar-refractivity contribution in [3.63, 3.8) is 0 Å². The lowest BCUT2D eigenvalue weighted by Gasteiger charge is -2.41. The molecule has 1 heterocycles. The highest BCUT2D eigenvalue weighted by atomic mass is 16.5. The van der Waals surface area contributed by atoms with Crippen molar-refractivity contribution < 1.29 is 19.4 Å². The molecule has 0 saturated carbocycles. The first kappa shape index (κ1) is 18.4. The average molecular weight is 355 g/mol. The van der Waals surface area contributed by atoms with Gasteiger partial charge in [0.15, 0.2) is 0 Å². The van der Waals surface area contributed by atoms with Crippen LogP contribution in [0.5, 0.6) is 5.75 Å². The van der Waals surface area contributed by atoms with Crippen molar-refractivity contribution in [2.75, 3.05) is 26.4 Å². The summed E-state index contributed by atoms with van der Waals surface area (Å²) in [5, 5.41) is 9.68. The first-order valence-electron chi connectivity index (χ1n) is 9.04. The molecule has 1 fully saturated rings. The van der Waals surface area contributed by atoms with Crippen molar-refractivity contribution in [1.29, 1.82) is 0 Å². The highest BCUT2D eigenvalue weighted by molar-refractivity contribution is 5.77. The number of benzene rings is 2. The minimum Gasteiger partial charge on any atom is -0.494 e. The van der Waals surface area contributed by atoms with E-state index in [-0.39, 0.29) is 18.6 Å². The van der Waals surface area contributed by atoms with Crippen LogP contribution in [0.15, 0.2) is 60.7 Å². The normalized spacial score (nSPS) is 20.0. The quantitative estimate of drug-likeness (QED) is 0.776. The molecule has 138 valence electrons. The van der Waals surface area contributed by atoms with Gasteiger partial charge in [0, 0.05) is 13.0 Å². The van der Waals surface area contributed by atoms with Crippen LogP contribution >= 0.6 is 0 Å². The van der Waals surface area contributed by atoms with E-state index in [1.54, 1.807) is 0 Å². The predicted octanol–water partition coefficient (Wildman–Crippen LogP) is 2.81. The third kappa shape index (κ3) is 4.62. The number of carbonyl (C=O) groups is 1. The van der Waals surface area contributed by atoms with Crippen molar-refractivity contribution in [2.24, 2.45) is 0 Å². The number of hydrogen-bond donors (Lipinski definition) is 1. The Morgan fingerprint density at radius 3 is 2.50 bits per heavy atom. The maximum atomic E-state index is 12.8. The molecule has 0 aromatic heterocycles. The topological polar surface area (TPSA) is 59.0 Å². The lowest BCUT2D eigenvalue weighted by molar-refractivity contribution is -0.150. The first-order chi connectivity index (χ1) is 12.8. The van der Waals surface area contributed by atoms with Gasteiger partial charge in [-0.3, -0.25) is 4.79 Å². The van der Waals surface area contributed by atoms with Gasteiger partial charge in [0.2, 0.25) is 5.91 Å². The molecule has 1 aliphatic heterocycles. The Kier molecular flexibility index (Phi) is 6.63. The molecule has 1 saturated heterocycles. The first-order valence-corrected chi connectivity index (χ1v) is 9.04. The number of rotatable bonds is 7. The molecule has 2 atom stereocenters. The Hall–Kier alpha value is -2.37. The van der Waals surface area contributed by atoms with Gasteiger partial charge in [-0.15, -0.1) is 0 Å². The molecule has 0 unspecified atom stereocenters. The van der Waals surface area contributed by atoms with Crippen LogP contribution in [0.4, 0.5) is 0 Å². The van der Waals surface area contributed by atoms with E-state index in [1.165, 1.54) is 0 Å². The van der Waals surface area contributed by atoms with Gasteiger partial charge in [0.25, 0.3) is 0 Å². The Bertz CT molecular complexity index is 677. The maximum absolute atomic E-state index is 12.8. The fourth-order valence-electron chi connectivity index (χ4n) is 3.28. The monoisotopic (exact) mass is 355 g/mol. The summed E-state index contributed by atoms with van der Waals surface area (Å²) in [5.41, 5.74) is 0.986. The lowest BCUT2D eigenvalue weighted by atomic mass is 9.98. The number of para-hydroxylation sites is 1. The molecule has 1 amide bonds. The Morgan fingerprint density at radius 2 is 1.81 bits per heavy atom. The number of amides is 1. The van der Waals surface area contributed by atoms with Gasteiger partial charge in [-0.25, -0.2) is 0 Å². The van der Waals surface area contributed by atoms with Gasteiger partial charge < -0.3 is 19.5 Å². The molecule has 1 aliphatic rings. The van der Waals surface area contributed by atoms with Crippen LogP contribution in [-0.2, 0) is 9.53 Å². The van der Waals surface area contributed by atoms with Gasteiger partial charge in [0.05, 0.1) is 25.9 Å². The minimum absolute atomic E-state index is 0.0669. The van der Waals surface area contributed by atoms with Crippen LogP contribution in [0.1, 0.15) is 24.4 Å². The van der Waals surface area contributed by atoms with Crippen molar-refractivity contribution in [2.45, 2.75) is 25.0 Å². The van der Waals surface area contributed by atoms with Gasteiger partial charge in [-0.2, -0.15) is 0 Å². The summed E-state index contributed by atoms with van der Waals surface area (Å²) in [7, 11) is 0. The van der Waals surface area contributed by atoms with E-state index >= 15 is 0 Å². The Morgan fingerprint density at radius 1 is 1.12 bits per heavy atom.